The van der Waals surface area contributed by atoms with E-state index in [2.05, 4.69) is 18.2 Å². The number of nitrogens with zero attached hydrogens (tertiary/aromatic N) is 3. The fourth-order valence-electron chi connectivity index (χ4n) is 9.00. The van der Waals surface area contributed by atoms with Gasteiger partial charge in [0, 0.05) is 107 Å². The minimum atomic E-state index is -0.777. The molecule has 4 aliphatic rings. The van der Waals surface area contributed by atoms with Crippen molar-refractivity contribution < 1.29 is 43.9 Å². The summed E-state index contributed by atoms with van der Waals surface area (Å²) in [5.41, 5.74) is 9.19. The molecule has 0 radical (unpaired) electrons. The molecule has 8 rings (SSSR count). The van der Waals surface area contributed by atoms with Gasteiger partial charge in [0.25, 0.3) is 0 Å². The van der Waals surface area contributed by atoms with Crippen LogP contribution < -0.4 is 0 Å². The van der Waals surface area contributed by atoms with Gasteiger partial charge >= 0.3 is 17.9 Å². The Bertz CT molecular complexity index is 2010. The maximum atomic E-state index is 14.0. The van der Waals surface area contributed by atoms with Crippen molar-refractivity contribution in [2.45, 2.75) is 95.4 Å². The first-order valence-corrected chi connectivity index (χ1v) is 24.5. The summed E-state index contributed by atoms with van der Waals surface area (Å²) in [5.74, 6) is 1.64. The molecular weight excluding hydrogens is 859 g/mol. The molecule has 12 bridgehead atoms. The number of rotatable bonds is 3. The maximum absolute atomic E-state index is 14.0. The summed E-state index contributed by atoms with van der Waals surface area (Å²) in [6, 6.07) is 15.6. The Balaban J connectivity index is 1.55. The topological polar surface area (TPSA) is 149 Å². The molecule has 0 saturated heterocycles. The molecule has 0 amide bonds. The second kappa shape index (κ2) is 20.6. The molecule has 3 N–H and O–H groups in total. The monoisotopic (exact) mass is 915 g/mol. The molecule has 4 aromatic rings. The predicted octanol–water partition coefficient (Wildman–Crippen LogP) is 7.10. The number of methoxy groups -OCH3 is 3. The summed E-state index contributed by atoms with van der Waals surface area (Å²) in [6.07, 6.45) is 0. The van der Waals surface area contributed by atoms with Gasteiger partial charge in [-0.05, 0) is 37.5 Å². The fraction of sp³-hybridized carbons (Fsp3) is 0.438. The zero-order valence-electron chi connectivity index (χ0n) is 36.8. The number of phenols is 3. The van der Waals surface area contributed by atoms with Gasteiger partial charge in [-0.3, -0.25) is 29.1 Å². The summed E-state index contributed by atoms with van der Waals surface area (Å²) in [4.78, 5) is 47.8. The van der Waals surface area contributed by atoms with Crippen LogP contribution in [0.2, 0.25) is 0 Å². The first-order valence-electron chi connectivity index (χ1n) is 21.0. The second-order valence-electron chi connectivity index (χ2n) is 16.8. The fourth-order valence-corrected chi connectivity index (χ4v) is 12.3. The van der Waals surface area contributed by atoms with Gasteiger partial charge in [-0.1, -0.05) is 71.3 Å². The number of thioether (sulfide) groups is 3. The van der Waals surface area contributed by atoms with Gasteiger partial charge in [0.05, 0.1) is 21.3 Å². The molecule has 63 heavy (non-hydrogen) atoms. The lowest BCUT2D eigenvalue weighted by molar-refractivity contribution is -0.147. The normalized spacial score (nSPS) is 23.1. The van der Waals surface area contributed by atoms with Gasteiger partial charge in [0.15, 0.2) is 0 Å². The van der Waals surface area contributed by atoms with E-state index in [-0.39, 0.29) is 56.5 Å². The third-order valence-electron chi connectivity index (χ3n) is 12.0. The van der Waals surface area contributed by atoms with E-state index >= 15 is 0 Å². The van der Waals surface area contributed by atoms with E-state index in [4.69, 9.17) is 14.2 Å². The number of benzene rings is 4. The van der Waals surface area contributed by atoms with Crippen LogP contribution in [0.15, 0.2) is 54.6 Å². The van der Waals surface area contributed by atoms with Crippen molar-refractivity contribution in [3.63, 3.8) is 0 Å². The van der Waals surface area contributed by atoms with Crippen LogP contribution in [-0.2, 0) is 85.1 Å². The van der Waals surface area contributed by atoms with E-state index in [1.807, 2.05) is 71.9 Å². The summed E-state index contributed by atoms with van der Waals surface area (Å²) in [7, 11) is 4.13. The standard InChI is InChI=1S/C48H57N3O9S3/c1-28-7-34-16-49-18-36-9-29(2)11-38(44(36)53)20-51-21-39-12-30(3)10-37(45(39)54)19-50(17-35(8-28)43(34)52)41(47(56)59-5)26-62-23-32-13-31(22-61-25-40(49)46(55)58-4)14-33(15-32)24-63-27-42(51)48(57)60-6/h7-15,40-42,52-54H,16-27H2,1-6H3. The number of ether oxygens (including phenoxy) is 3. The van der Waals surface area contributed by atoms with Gasteiger partial charge in [0.2, 0.25) is 0 Å². The van der Waals surface area contributed by atoms with E-state index in [9.17, 15) is 29.7 Å². The molecule has 0 saturated carbocycles. The predicted molar refractivity (Wildman–Crippen MR) is 249 cm³/mol. The Morgan fingerprint density at radius 1 is 0.444 bits per heavy atom. The number of fused-ring (bicyclic) bond motifs is 9. The Morgan fingerprint density at radius 3 is 0.873 bits per heavy atom. The number of phenolic OH excluding ortho intramolecular Hbond substituents is 3. The molecule has 0 fully saturated rings. The van der Waals surface area contributed by atoms with E-state index in [0.717, 1.165) is 33.4 Å². The third kappa shape index (κ3) is 10.9. The average Bonchev–Trinajstić information content (AvgIpc) is 3.25. The van der Waals surface area contributed by atoms with E-state index < -0.39 is 36.0 Å². The molecule has 0 spiro atoms. The highest BCUT2D eigenvalue weighted by Gasteiger charge is 2.34. The Labute approximate surface area is 382 Å². The molecule has 3 atom stereocenters. The lowest BCUT2D eigenvalue weighted by atomic mass is 9.98. The third-order valence-corrected chi connectivity index (χ3v) is 15.2. The SMILES string of the molecule is COC(=O)C1CSCc2cc3cc(c2)CSCC(C(=O)OC)N2Cc4cc(C)cc(c4O)CN1Cc1cc(C)cc(c1O)CN(Cc1cc(C)cc(c1O)C2)C(C(=O)OC)CSC3. The second-order valence-corrected chi connectivity index (χ2v) is 19.9. The molecular formula is C48H57N3O9S3. The van der Waals surface area contributed by atoms with Crippen LogP contribution in [0, 0.1) is 20.8 Å². The van der Waals surface area contributed by atoms with Crippen molar-refractivity contribution in [2.24, 2.45) is 0 Å². The zero-order chi connectivity index (χ0) is 44.9. The number of esters is 3. The lowest BCUT2D eigenvalue weighted by Gasteiger charge is -2.34. The van der Waals surface area contributed by atoms with E-state index in [1.54, 1.807) is 35.3 Å². The molecule has 15 heteroatoms. The minimum absolute atomic E-state index is 0.0213. The van der Waals surface area contributed by atoms with Gasteiger partial charge in [0.1, 0.15) is 35.4 Å². The molecule has 4 aliphatic heterocycles. The maximum Gasteiger partial charge on any atom is 0.323 e. The van der Waals surface area contributed by atoms with Gasteiger partial charge in [-0.15, -0.1) is 0 Å². The highest BCUT2D eigenvalue weighted by Crippen LogP contribution is 2.37. The van der Waals surface area contributed by atoms with Crippen molar-refractivity contribution in [1.82, 2.24) is 14.7 Å². The van der Waals surface area contributed by atoms with Crippen LogP contribution in [0.4, 0.5) is 0 Å². The van der Waals surface area contributed by atoms with Gasteiger partial charge < -0.3 is 29.5 Å². The van der Waals surface area contributed by atoms with Crippen molar-refractivity contribution in [3.8, 4) is 17.2 Å². The quantitative estimate of drug-likeness (QED) is 0.142. The van der Waals surface area contributed by atoms with Crippen molar-refractivity contribution in [1.29, 1.82) is 0 Å². The van der Waals surface area contributed by atoms with Crippen molar-refractivity contribution in [3.05, 3.63) is 121 Å². The Kier molecular flexibility index (Phi) is 15.3. The summed E-state index contributed by atoms with van der Waals surface area (Å²) >= 11 is 4.84. The highest BCUT2D eigenvalue weighted by molar-refractivity contribution is 7.99. The zero-order valence-corrected chi connectivity index (χ0v) is 39.2. The largest absolute Gasteiger partial charge is 0.507 e. The van der Waals surface area contributed by atoms with E-state index in [0.29, 0.717) is 67.9 Å². The molecule has 3 unspecified atom stereocenters. The highest BCUT2D eigenvalue weighted by atomic mass is 32.2. The van der Waals surface area contributed by atoms with Gasteiger partial charge in [-0.2, -0.15) is 35.3 Å². The number of hydrogen-bond donors (Lipinski definition) is 3. The summed E-state index contributed by atoms with van der Waals surface area (Å²) in [6.45, 7) is 6.56. The number of aromatic hydroxyl groups is 3. The first kappa shape index (κ1) is 46.6. The van der Waals surface area contributed by atoms with Gasteiger partial charge in [-0.25, -0.2) is 0 Å². The first-order chi connectivity index (χ1) is 30.2. The number of carbonyl (C=O) groups is 3. The smallest absolute Gasteiger partial charge is 0.323 e. The van der Waals surface area contributed by atoms with Crippen LogP contribution in [0.3, 0.4) is 0 Å². The average molecular weight is 916 g/mol. The van der Waals surface area contributed by atoms with Crippen LogP contribution in [0.5, 0.6) is 17.2 Å². The van der Waals surface area contributed by atoms with Crippen molar-refractivity contribution >= 4 is 53.2 Å². The molecule has 4 heterocycles. The lowest BCUT2D eigenvalue weighted by Crippen LogP contribution is -2.44. The molecule has 0 aromatic heterocycles. The minimum Gasteiger partial charge on any atom is -0.507 e. The molecule has 4 aromatic carbocycles. The summed E-state index contributed by atoms with van der Waals surface area (Å²) < 4.78 is 16.4. The van der Waals surface area contributed by atoms with Crippen LogP contribution >= 0.6 is 35.3 Å². The summed E-state index contributed by atoms with van der Waals surface area (Å²) in [5, 5.41) is 36.8. The molecule has 12 nitrogen and oxygen atoms in total. The molecule has 336 valence electrons. The number of aryl methyl sites for hydroxylation is 3. The van der Waals surface area contributed by atoms with Crippen LogP contribution in [-0.4, -0.2) is 105 Å². The van der Waals surface area contributed by atoms with Crippen molar-refractivity contribution in [2.75, 3.05) is 38.6 Å². The number of carbonyl (C=O) groups excluding carboxylic acids is 3. The number of hydrogen-bond acceptors (Lipinski definition) is 15. The Morgan fingerprint density at radius 2 is 0.667 bits per heavy atom. The Hall–Kier alpha value is -4.38. The van der Waals surface area contributed by atoms with Crippen LogP contribution in [0.1, 0.15) is 66.8 Å². The van der Waals surface area contributed by atoms with Crippen LogP contribution in [0.25, 0.3) is 0 Å². The van der Waals surface area contributed by atoms with E-state index in [1.165, 1.54) is 21.3 Å². The molecule has 0 aliphatic carbocycles.